The number of anilines is 1. The molecule has 1 amide bonds. The van der Waals surface area contributed by atoms with Crippen LogP contribution in [0.3, 0.4) is 0 Å². The van der Waals surface area contributed by atoms with Gasteiger partial charge in [0.2, 0.25) is 0 Å². The van der Waals surface area contributed by atoms with Crippen LogP contribution in [0.1, 0.15) is 27.2 Å². The summed E-state index contributed by atoms with van der Waals surface area (Å²) in [7, 11) is 0. The molecule has 0 fully saturated rings. The first-order chi connectivity index (χ1) is 12.3. The summed E-state index contributed by atoms with van der Waals surface area (Å²) in [5.41, 5.74) is 4.94. The molecular formula is C22H18N2O. The molecule has 1 aromatic heterocycles. The van der Waals surface area contributed by atoms with E-state index in [1.54, 1.807) is 6.20 Å². The minimum atomic E-state index is 0.0604. The molecular weight excluding hydrogens is 308 g/mol. The van der Waals surface area contributed by atoms with Gasteiger partial charge in [-0.3, -0.25) is 9.78 Å². The number of carbonyl (C=O) groups is 1. The summed E-state index contributed by atoms with van der Waals surface area (Å²) >= 11 is 0. The average molecular weight is 326 g/mol. The normalized spacial score (nSPS) is 13.2. The molecule has 3 nitrogen and oxygen atoms in total. The quantitative estimate of drug-likeness (QED) is 0.712. The number of hydrogen-bond donors (Lipinski definition) is 0. The standard InChI is InChI=1S/C22H18N2O/c25-22(19-6-2-1-3-7-19)24-15-13-18-11-9-17(16-21(18)24)10-12-20-8-4-5-14-23-20/h1-12,14,16H,13,15H2. The van der Waals surface area contributed by atoms with Gasteiger partial charge in [0.1, 0.15) is 0 Å². The van der Waals surface area contributed by atoms with Crippen molar-refractivity contribution in [2.45, 2.75) is 6.42 Å². The number of amides is 1. The molecule has 0 radical (unpaired) electrons. The second kappa shape index (κ2) is 6.73. The topological polar surface area (TPSA) is 33.2 Å². The highest BCUT2D eigenvalue weighted by Gasteiger charge is 2.25. The van der Waals surface area contributed by atoms with Crippen LogP contribution in [0.2, 0.25) is 0 Å². The SMILES string of the molecule is O=C(c1ccccc1)N1CCc2ccc(C=Cc3ccccn3)cc21. The maximum Gasteiger partial charge on any atom is 0.258 e. The molecule has 122 valence electrons. The number of fused-ring (bicyclic) bond motifs is 1. The van der Waals surface area contributed by atoms with E-state index in [0.717, 1.165) is 35.5 Å². The predicted molar refractivity (Wildman–Crippen MR) is 101 cm³/mol. The third-order valence-corrected chi connectivity index (χ3v) is 4.41. The molecule has 0 bridgehead atoms. The molecule has 0 aliphatic carbocycles. The van der Waals surface area contributed by atoms with E-state index in [4.69, 9.17) is 0 Å². The van der Waals surface area contributed by atoms with E-state index in [1.807, 2.05) is 65.6 Å². The molecule has 0 saturated heterocycles. The van der Waals surface area contributed by atoms with Crippen molar-refractivity contribution in [3.8, 4) is 0 Å². The molecule has 0 unspecified atom stereocenters. The van der Waals surface area contributed by atoms with Gasteiger partial charge in [-0.25, -0.2) is 0 Å². The lowest BCUT2D eigenvalue weighted by atomic mass is 10.1. The smallest absolute Gasteiger partial charge is 0.258 e. The summed E-state index contributed by atoms with van der Waals surface area (Å²) in [4.78, 5) is 19.0. The van der Waals surface area contributed by atoms with Crippen molar-refractivity contribution >= 4 is 23.7 Å². The van der Waals surface area contributed by atoms with Crippen molar-refractivity contribution in [3.05, 3.63) is 95.3 Å². The predicted octanol–water partition coefficient (Wildman–Crippen LogP) is 4.45. The van der Waals surface area contributed by atoms with Gasteiger partial charge in [0, 0.05) is 24.0 Å². The van der Waals surface area contributed by atoms with E-state index >= 15 is 0 Å². The van der Waals surface area contributed by atoms with Crippen molar-refractivity contribution in [3.63, 3.8) is 0 Å². The van der Waals surface area contributed by atoms with Crippen LogP contribution in [0, 0.1) is 0 Å². The second-order valence-corrected chi connectivity index (χ2v) is 6.05. The van der Waals surface area contributed by atoms with E-state index < -0.39 is 0 Å². The first-order valence-corrected chi connectivity index (χ1v) is 8.40. The van der Waals surface area contributed by atoms with Gasteiger partial charge in [-0.2, -0.15) is 0 Å². The lowest BCUT2D eigenvalue weighted by Crippen LogP contribution is -2.28. The highest BCUT2D eigenvalue weighted by Crippen LogP contribution is 2.31. The van der Waals surface area contributed by atoms with E-state index in [2.05, 4.69) is 23.2 Å². The Hall–Kier alpha value is -3.20. The van der Waals surface area contributed by atoms with Crippen LogP contribution in [-0.2, 0) is 6.42 Å². The van der Waals surface area contributed by atoms with Crippen molar-refractivity contribution < 1.29 is 4.79 Å². The van der Waals surface area contributed by atoms with E-state index in [9.17, 15) is 4.79 Å². The first-order valence-electron chi connectivity index (χ1n) is 8.40. The Bertz CT molecular complexity index is 917. The van der Waals surface area contributed by atoms with E-state index in [-0.39, 0.29) is 5.91 Å². The Balaban J connectivity index is 1.61. The van der Waals surface area contributed by atoms with Gasteiger partial charge in [-0.1, -0.05) is 42.5 Å². The van der Waals surface area contributed by atoms with Crippen molar-refractivity contribution in [1.82, 2.24) is 4.98 Å². The van der Waals surface area contributed by atoms with Gasteiger partial charge in [-0.05, 0) is 54.0 Å². The van der Waals surface area contributed by atoms with Crippen LogP contribution < -0.4 is 4.90 Å². The van der Waals surface area contributed by atoms with Crippen LogP contribution >= 0.6 is 0 Å². The summed E-state index contributed by atoms with van der Waals surface area (Å²) in [6.45, 7) is 0.733. The fourth-order valence-corrected chi connectivity index (χ4v) is 3.10. The molecule has 0 atom stereocenters. The maximum atomic E-state index is 12.8. The van der Waals surface area contributed by atoms with Gasteiger partial charge >= 0.3 is 0 Å². The first kappa shape index (κ1) is 15.3. The highest BCUT2D eigenvalue weighted by atomic mass is 16.2. The Morgan fingerprint density at radius 2 is 1.80 bits per heavy atom. The maximum absolute atomic E-state index is 12.8. The Labute approximate surface area is 147 Å². The summed E-state index contributed by atoms with van der Waals surface area (Å²) < 4.78 is 0. The van der Waals surface area contributed by atoms with Gasteiger partial charge in [-0.15, -0.1) is 0 Å². The lowest BCUT2D eigenvalue weighted by molar-refractivity contribution is 0.0989. The number of benzene rings is 2. The monoisotopic (exact) mass is 326 g/mol. The van der Waals surface area contributed by atoms with Crippen molar-refractivity contribution in [1.29, 1.82) is 0 Å². The zero-order valence-corrected chi connectivity index (χ0v) is 13.8. The third kappa shape index (κ3) is 3.22. The molecule has 0 spiro atoms. The van der Waals surface area contributed by atoms with Crippen LogP contribution in [0.5, 0.6) is 0 Å². The Kier molecular flexibility index (Phi) is 4.13. The van der Waals surface area contributed by atoms with Crippen LogP contribution in [0.4, 0.5) is 5.69 Å². The van der Waals surface area contributed by atoms with Crippen LogP contribution in [0.15, 0.2) is 72.9 Å². The fourth-order valence-electron chi connectivity index (χ4n) is 3.10. The van der Waals surface area contributed by atoms with Gasteiger partial charge in [0.05, 0.1) is 5.69 Å². The van der Waals surface area contributed by atoms with E-state index in [0.29, 0.717) is 0 Å². The number of pyridine rings is 1. The number of hydrogen-bond acceptors (Lipinski definition) is 2. The average Bonchev–Trinajstić information content (AvgIpc) is 3.10. The molecule has 0 saturated carbocycles. The fraction of sp³-hybridized carbons (Fsp3) is 0.0909. The molecule has 25 heavy (non-hydrogen) atoms. The summed E-state index contributed by atoms with van der Waals surface area (Å²) in [6, 6.07) is 21.6. The molecule has 0 N–H and O–H groups in total. The zero-order chi connectivity index (χ0) is 17.1. The van der Waals surface area contributed by atoms with Gasteiger partial charge in [0.25, 0.3) is 5.91 Å². The Morgan fingerprint density at radius 3 is 2.60 bits per heavy atom. The number of nitrogens with zero attached hydrogens (tertiary/aromatic N) is 2. The number of rotatable bonds is 3. The Morgan fingerprint density at radius 1 is 0.960 bits per heavy atom. The highest BCUT2D eigenvalue weighted by molar-refractivity contribution is 6.07. The molecule has 4 rings (SSSR count). The zero-order valence-electron chi connectivity index (χ0n) is 13.8. The summed E-state index contributed by atoms with van der Waals surface area (Å²) in [6.07, 6.45) is 6.70. The third-order valence-electron chi connectivity index (χ3n) is 4.41. The van der Waals surface area contributed by atoms with Gasteiger partial charge < -0.3 is 4.90 Å². The lowest BCUT2D eigenvalue weighted by Gasteiger charge is -2.17. The molecule has 2 heterocycles. The van der Waals surface area contributed by atoms with Crippen LogP contribution in [-0.4, -0.2) is 17.4 Å². The molecule has 1 aliphatic rings. The number of carbonyl (C=O) groups excluding carboxylic acids is 1. The minimum Gasteiger partial charge on any atom is -0.308 e. The van der Waals surface area contributed by atoms with Crippen molar-refractivity contribution in [2.24, 2.45) is 0 Å². The summed E-state index contributed by atoms with van der Waals surface area (Å²) in [5.74, 6) is 0.0604. The van der Waals surface area contributed by atoms with Crippen LogP contribution in [0.25, 0.3) is 12.2 Å². The molecule has 1 aliphatic heterocycles. The minimum absolute atomic E-state index is 0.0604. The molecule has 2 aromatic carbocycles. The largest absolute Gasteiger partial charge is 0.308 e. The second-order valence-electron chi connectivity index (χ2n) is 6.05. The van der Waals surface area contributed by atoms with Gasteiger partial charge in [0.15, 0.2) is 0 Å². The number of aromatic nitrogens is 1. The summed E-state index contributed by atoms with van der Waals surface area (Å²) in [5, 5.41) is 0. The molecule has 3 aromatic rings. The molecule has 3 heteroatoms. The van der Waals surface area contributed by atoms with Crippen molar-refractivity contribution in [2.75, 3.05) is 11.4 Å². The van der Waals surface area contributed by atoms with E-state index in [1.165, 1.54) is 5.56 Å².